The van der Waals surface area contributed by atoms with E-state index in [9.17, 15) is 9.59 Å². The van der Waals surface area contributed by atoms with Crippen LogP contribution in [0.1, 0.15) is 27.5 Å². The lowest BCUT2D eigenvalue weighted by Crippen LogP contribution is -2.52. The summed E-state index contributed by atoms with van der Waals surface area (Å²) in [5.74, 6) is 0.204. The first-order valence-electron chi connectivity index (χ1n) is 9.44. The van der Waals surface area contributed by atoms with E-state index in [4.69, 9.17) is 0 Å². The number of hydrogen-bond donors (Lipinski definition) is 1. The number of hydrogen-bond acceptors (Lipinski definition) is 2. The van der Waals surface area contributed by atoms with Crippen LogP contribution in [-0.4, -0.2) is 52.8 Å². The number of aromatic amines is 1. The van der Waals surface area contributed by atoms with E-state index in [0.29, 0.717) is 31.9 Å². The minimum Gasteiger partial charge on any atom is -0.351 e. The van der Waals surface area contributed by atoms with Crippen molar-refractivity contribution < 1.29 is 9.59 Å². The van der Waals surface area contributed by atoms with Crippen LogP contribution < -0.4 is 0 Å². The van der Waals surface area contributed by atoms with Crippen molar-refractivity contribution in [3.05, 3.63) is 71.4 Å². The summed E-state index contributed by atoms with van der Waals surface area (Å²) in [5, 5.41) is 1.04. The molecule has 1 atom stereocenters. The van der Waals surface area contributed by atoms with Gasteiger partial charge in [-0.1, -0.05) is 42.5 Å². The Morgan fingerprint density at radius 3 is 2.37 bits per heavy atom. The molecule has 0 saturated carbocycles. The summed E-state index contributed by atoms with van der Waals surface area (Å²) in [6.45, 7) is 2.36. The molecular formula is C22H21N3O2. The monoisotopic (exact) mass is 359 g/mol. The first kappa shape index (κ1) is 16.1. The molecule has 1 saturated heterocycles. The fourth-order valence-corrected chi connectivity index (χ4v) is 4.19. The van der Waals surface area contributed by atoms with Crippen LogP contribution in [0, 0.1) is 0 Å². The molecule has 1 fully saturated rings. The molecule has 0 radical (unpaired) electrons. The second kappa shape index (κ2) is 6.27. The summed E-state index contributed by atoms with van der Waals surface area (Å²) in [4.78, 5) is 32.6. The van der Waals surface area contributed by atoms with Crippen molar-refractivity contribution in [2.75, 3.05) is 26.2 Å². The van der Waals surface area contributed by atoms with Crippen LogP contribution in [0.2, 0.25) is 0 Å². The van der Waals surface area contributed by atoms with E-state index in [1.165, 1.54) is 11.1 Å². The molecule has 3 aromatic rings. The summed E-state index contributed by atoms with van der Waals surface area (Å²) < 4.78 is 0. The minimum atomic E-state index is -0.00263. The van der Waals surface area contributed by atoms with Gasteiger partial charge in [0.25, 0.3) is 5.91 Å². The van der Waals surface area contributed by atoms with E-state index in [2.05, 4.69) is 17.1 Å². The van der Waals surface area contributed by atoms with Crippen molar-refractivity contribution in [2.45, 2.75) is 12.3 Å². The lowest BCUT2D eigenvalue weighted by atomic mass is 9.77. The average Bonchev–Trinajstić information content (AvgIpc) is 3.12. The highest BCUT2D eigenvalue weighted by atomic mass is 16.2. The van der Waals surface area contributed by atoms with Crippen LogP contribution in [0.25, 0.3) is 10.9 Å². The molecule has 0 spiro atoms. The molecule has 5 rings (SSSR count). The van der Waals surface area contributed by atoms with Gasteiger partial charge in [-0.15, -0.1) is 0 Å². The number of carbonyl (C=O) groups is 2. The molecule has 136 valence electrons. The Morgan fingerprint density at radius 2 is 1.59 bits per heavy atom. The summed E-state index contributed by atoms with van der Waals surface area (Å²) in [6, 6.07) is 18.0. The van der Waals surface area contributed by atoms with E-state index in [1.807, 2.05) is 52.3 Å². The Hall–Kier alpha value is -3.08. The van der Waals surface area contributed by atoms with Crippen LogP contribution in [0.5, 0.6) is 0 Å². The standard InChI is InChI=1S/C22H21N3O2/c26-21(18-13-15-5-1-3-7-17(15)18)24-9-11-25(12-10-24)22(27)20-14-16-6-2-4-8-19(16)23-20/h1-8,14,18,23H,9-13H2. The van der Waals surface area contributed by atoms with E-state index >= 15 is 0 Å². The topological polar surface area (TPSA) is 56.4 Å². The predicted octanol–water partition coefficient (Wildman–Crippen LogP) is 2.79. The molecule has 5 nitrogen and oxygen atoms in total. The molecule has 5 heteroatoms. The smallest absolute Gasteiger partial charge is 0.270 e. The molecular weight excluding hydrogens is 338 g/mol. The quantitative estimate of drug-likeness (QED) is 0.765. The molecule has 2 aliphatic rings. The Labute approximate surface area is 157 Å². The number of nitrogens with zero attached hydrogens (tertiary/aromatic N) is 2. The number of aromatic nitrogens is 1. The molecule has 1 aliphatic heterocycles. The zero-order chi connectivity index (χ0) is 18.4. The predicted molar refractivity (Wildman–Crippen MR) is 104 cm³/mol. The van der Waals surface area contributed by atoms with Crippen molar-refractivity contribution in [1.29, 1.82) is 0 Å². The maximum absolute atomic E-state index is 12.8. The third-order valence-electron chi connectivity index (χ3n) is 5.79. The summed E-state index contributed by atoms with van der Waals surface area (Å²) in [6.07, 6.45) is 0.837. The van der Waals surface area contributed by atoms with Gasteiger partial charge in [0.15, 0.2) is 0 Å². The first-order valence-corrected chi connectivity index (χ1v) is 9.44. The average molecular weight is 359 g/mol. The second-order valence-corrected chi connectivity index (χ2v) is 7.34. The number of rotatable bonds is 2. The molecule has 2 aromatic carbocycles. The van der Waals surface area contributed by atoms with Gasteiger partial charge in [0.2, 0.25) is 5.91 Å². The maximum atomic E-state index is 12.8. The van der Waals surface area contributed by atoms with E-state index < -0.39 is 0 Å². The SMILES string of the molecule is O=C(c1cc2ccccc2[nH]1)N1CCN(C(=O)C2Cc3ccccc32)CC1. The highest BCUT2D eigenvalue weighted by Gasteiger charge is 2.36. The van der Waals surface area contributed by atoms with Gasteiger partial charge in [-0.05, 0) is 29.7 Å². The van der Waals surface area contributed by atoms with Crippen molar-refractivity contribution in [3.8, 4) is 0 Å². The highest BCUT2D eigenvalue weighted by Crippen LogP contribution is 2.36. The lowest BCUT2D eigenvalue weighted by molar-refractivity contribution is -0.134. The Balaban J connectivity index is 1.24. The Bertz CT molecular complexity index is 998. The van der Waals surface area contributed by atoms with Gasteiger partial charge in [0, 0.05) is 37.1 Å². The summed E-state index contributed by atoms with van der Waals surface area (Å²) in [7, 11) is 0. The summed E-state index contributed by atoms with van der Waals surface area (Å²) in [5.41, 5.74) is 4.03. The van der Waals surface area contributed by atoms with E-state index in [0.717, 1.165) is 17.3 Å². The number of fused-ring (bicyclic) bond motifs is 2. The van der Waals surface area contributed by atoms with Crippen LogP contribution in [-0.2, 0) is 11.2 Å². The number of H-pyrrole nitrogens is 1. The molecule has 27 heavy (non-hydrogen) atoms. The molecule has 1 unspecified atom stereocenters. The van der Waals surface area contributed by atoms with Gasteiger partial charge in [-0.2, -0.15) is 0 Å². The fraction of sp³-hybridized carbons (Fsp3) is 0.273. The fourth-order valence-electron chi connectivity index (χ4n) is 4.19. The largest absolute Gasteiger partial charge is 0.351 e. The third kappa shape index (κ3) is 2.70. The van der Waals surface area contributed by atoms with Crippen molar-refractivity contribution in [2.24, 2.45) is 0 Å². The number of benzene rings is 2. The van der Waals surface area contributed by atoms with Gasteiger partial charge in [0.1, 0.15) is 5.69 Å². The number of carbonyl (C=O) groups excluding carboxylic acids is 2. The van der Waals surface area contributed by atoms with Crippen molar-refractivity contribution >= 4 is 22.7 Å². The third-order valence-corrected chi connectivity index (χ3v) is 5.79. The van der Waals surface area contributed by atoms with Gasteiger partial charge < -0.3 is 14.8 Å². The Kier molecular flexibility index (Phi) is 3.74. The van der Waals surface area contributed by atoms with Crippen LogP contribution in [0.3, 0.4) is 0 Å². The van der Waals surface area contributed by atoms with Gasteiger partial charge >= 0.3 is 0 Å². The molecule has 2 amide bonds. The van der Waals surface area contributed by atoms with Crippen LogP contribution >= 0.6 is 0 Å². The molecule has 0 bridgehead atoms. The number of nitrogens with one attached hydrogen (secondary N) is 1. The van der Waals surface area contributed by atoms with E-state index in [1.54, 1.807) is 0 Å². The lowest BCUT2D eigenvalue weighted by Gasteiger charge is -2.39. The summed E-state index contributed by atoms with van der Waals surface area (Å²) >= 11 is 0. The van der Waals surface area contributed by atoms with E-state index in [-0.39, 0.29) is 17.7 Å². The normalized spacial score (nSPS) is 18.9. The van der Waals surface area contributed by atoms with Gasteiger partial charge in [-0.3, -0.25) is 9.59 Å². The van der Waals surface area contributed by atoms with Gasteiger partial charge in [0.05, 0.1) is 5.92 Å². The van der Waals surface area contributed by atoms with Crippen LogP contribution in [0.4, 0.5) is 0 Å². The molecule has 1 aromatic heterocycles. The van der Waals surface area contributed by atoms with Crippen molar-refractivity contribution in [3.63, 3.8) is 0 Å². The number of piperazine rings is 1. The van der Waals surface area contributed by atoms with Crippen LogP contribution in [0.15, 0.2) is 54.6 Å². The molecule has 2 heterocycles. The van der Waals surface area contributed by atoms with Gasteiger partial charge in [-0.25, -0.2) is 0 Å². The Morgan fingerprint density at radius 1 is 0.889 bits per heavy atom. The number of amides is 2. The molecule has 1 N–H and O–H groups in total. The zero-order valence-corrected chi connectivity index (χ0v) is 15.0. The maximum Gasteiger partial charge on any atom is 0.270 e. The number of para-hydroxylation sites is 1. The highest BCUT2D eigenvalue weighted by molar-refractivity contribution is 5.98. The zero-order valence-electron chi connectivity index (χ0n) is 15.0. The van der Waals surface area contributed by atoms with Crippen molar-refractivity contribution in [1.82, 2.24) is 14.8 Å². The first-order chi connectivity index (χ1) is 13.2. The minimum absolute atomic E-state index is 0.00263. The second-order valence-electron chi connectivity index (χ2n) is 7.34. The molecule has 1 aliphatic carbocycles.